The van der Waals surface area contributed by atoms with Crippen LogP contribution in [0.5, 0.6) is 0 Å². The second kappa shape index (κ2) is 6.47. The first-order valence-electron chi connectivity index (χ1n) is 6.89. The van der Waals surface area contributed by atoms with Gasteiger partial charge in [-0.05, 0) is 37.5 Å². The summed E-state index contributed by atoms with van der Waals surface area (Å²) in [5.74, 6) is 0.136. The molecule has 5 nitrogen and oxygen atoms in total. The highest BCUT2D eigenvalue weighted by atomic mass is 32.2. The van der Waals surface area contributed by atoms with Crippen LogP contribution in [0.25, 0.3) is 0 Å². The van der Waals surface area contributed by atoms with Gasteiger partial charge in [0.15, 0.2) is 0 Å². The van der Waals surface area contributed by atoms with Crippen LogP contribution in [0.3, 0.4) is 0 Å². The molecule has 21 heavy (non-hydrogen) atoms. The van der Waals surface area contributed by atoms with E-state index in [-0.39, 0.29) is 11.9 Å². The molecule has 1 amide bonds. The highest BCUT2D eigenvalue weighted by Crippen LogP contribution is 2.22. The number of anilines is 1. The predicted molar refractivity (Wildman–Crippen MR) is 86.2 cm³/mol. The third kappa shape index (κ3) is 4.46. The van der Waals surface area contributed by atoms with E-state index in [0.29, 0.717) is 17.2 Å². The number of hydrogen-bond donors (Lipinski definition) is 1. The van der Waals surface area contributed by atoms with Crippen LogP contribution in [0.2, 0.25) is 0 Å². The van der Waals surface area contributed by atoms with E-state index in [2.05, 4.69) is 5.32 Å². The van der Waals surface area contributed by atoms with Gasteiger partial charge in [-0.2, -0.15) is 0 Å². The van der Waals surface area contributed by atoms with E-state index >= 15 is 0 Å². The Morgan fingerprint density at radius 1 is 1.24 bits per heavy atom. The molecule has 0 fully saturated rings. The van der Waals surface area contributed by atoms with Gasteiger partial charge in [-0.15, -0.1) is 0 Å². The lowest BCUT2D eigenvalue weighted by atomic mass is 10.1. The Kier molecular flexibility index (Phi) is 5.39. The van der Waals surface area contributed by atoms with E-state index in [1.165, 1.54) is 11.4 Å². The third-order valence-electron chi connectivity index (χ3n) is 3.67. The lowest BCUT2D eigenvalue weighted by Crippen LogP contribution is -2.36. The summed E-state index contributed by atoms with van der Waals surface area (Å²) in [4.78, 5) is 12.2. The molecule has 0 aliphatic carbocycles. The summed E-state index contributed by atoms with van der Waals surface area (Å²) in [5.41, 5.74) is 1.78. The summed E-state index contributed by atoms with van der Waals surface area (Å²) in [5, 5.41) is 2.91. The summed E-state index contributed by atoms with van der Waals surface area (Å²) in [6.07, 6.45) is 1.14. The van der Waals surface area contributed by atoms with Gasteiger partial charge in [-0.1, -0.05) is 19.9 Å². The lowest BCUT2D eigenvalue weighted by Gasteiger charge is -2.21. The first-order chi connectivity index (χ1) is 9.54. The zero-order valence-corrected chi connectivity index (χ0v) is 14.3. The number of aryl methyl sites for hydroxylation is 1. The Morgan fingerprint density at radius 2 is 1.81 bits per heavy atom. The molecule has 0 saturated heterocycles. The Hall–Kier alpha value is -1.56. The van der Waals surface area contributed by atoms with Crippen molar-refractivity contribution in [3.05, 3.63) is 29.3 Å². The zero-order valence-electron chi connectivity index (χ0n) is 13.5. The number of hydrogen-bond acceptors (Lipinski definition) is 3. The van der Waals surface area contributed by atoms with Crippen molar-refractivity contribution in [1.82, 2.24) is 5.32 Å². The largest absolute Gasteiger partial charge is 0.349 e. The monoisotopic (exact) mass is 312 g/mol. The molecule has 0 aliphatic heterocycles. The maximum Gasteiger partial charge on any atom is 0.251 e. The second-order valence-electron chi connectivity index (χ2n) is 5.74. The van der Waals surface area contributed by atoms with Crippen molar-refractivity contribution in [3.8, 4) is 0 Å². The van der Waals surface area contributed by atoms with Crippen molar-refractivity contribution >= 4 is 21.6 Å². The predicted octanol–water partition coefficient (Wildman–Crippen LogP) is 2.17. The van der Waals surface area contributed by atoms with Crippen LogP contribution in [0.4, 0.5) is 5.69 Å². The van der Waals surface area contributed by atoms with Gasteiger partial charge in [0.25, 0.3) is 5.91 Å². The number of amides is 1. The molecule has 0 aliphatic rings. The lowest BCUT2D eigenvalue weighted by molar-refractivity contribution is 0.0930. The van der Waals surface area contributed by atoms with Crippen LogP contribution >= 0.6 is 0 Å². The van der Waals surface area contributed by atoms with Gasteiger partial charge in [-0.3, -0.25) is 9.10 Å². The molecule has 0 heterocycles. The average Bonchev–Trinajstić information content (AvgIpc) is 2.37. The van der Waals surface area contributed by atoms with Crippen molar-refractivity contribution < 1.29 is 13.2 Å². The van der Waals surface area contributed by atoms with Crippen molar-refractivity contribution in [3.63, 3.8) is 0 Å². The highest BCUT2D eigenvalue weighted by molar-refractivity contribution is 7.92. The van der Waals surface area contributed by atoms with Crippen molar-refractivity contribution in [1.29, 1.82) is 0 Å². The maximum absolute atomic E-state index is 12.2. The molecule has 0 aromatic heterocycles. The van der Waals surface area contributed by atoms with Gasteiger partial charge < -0.3 is 5.32 Å². The standard InChI is InChI=1S/C15H24N2O3S/c1-10(2)12(4)16-15(18)13-8-7-11(3)14(9-13)17(5)21(6,19)20/h7-10,12H,1-6H3,(H,16,18)/t12-/m1/s1. The van der Waals surface area contributed by atoms with E-state index in [4.69, 9.17) is 0 Å². The first-order valence-corrected chi connectivity index (χ1v) is 8.74. The molecule has 1 aromatic carbocycles. The second-order valence-corrected chi connectivity index (χ2v) is 7.75. The van der Waals surface area contributed by atoms with Crippen molar-refractivity contribution in [2.45, 2.75) is 33.7 Å². The van der Waals surface area contributed by atoms with Gasteiger partial charge in [0, 0.05) is 18.7 Å². The molecule has 118 valence electrons. The van der Waals surface area contributed by atoms with E-state index < -0.39 is 10.0 Å². The fourth-order valence-electron chi connectivity index (χ4n) is 1.73. The molecule has 1 rings (SSSR count). The van der Waals surface area contributed by atoms with E-state index in [1.807, 2.05) is 27.7 Å². The van der Waals surface area contributed by atoms with Crippen LogP contribution in [0.15, 0.2) is 18.2 Å². The number of benzene rings is 1. The molecule has 0 bridgehead atoms. The molecule has 0 saturated carbocycles. The summed E-state index contributed by atoms with van der Waals surface area (Å²) in [6, 6.07) is 5.12. The highest BCUT2D eigenvalue weighted by Gasteiger charge is 2.18. The molecule has 0 spiro atoms. The minimum absolute atomic E-state index is 0.0508. The molecule has 0 unspecified atom stereocenters. The number of rotatable bonds is 5. The van der Waals surface area contributed by atoms with Crippen molar-refractivity contribution in [2.24, 2.45) is 5.92 Å². The Balaban J connectivity index is 3.10. The van der Waals surface area contributed by atoms with Crippen LogP contribution in [0, 0.1) is 12.8 Å². The summed E-state index contributed by atoms with van der Waals surface area (Å²) in [7, 11) is -1.87. The minimum Gasteiger partial charge on any atom is -0.349 e. The van der Waals surface area contributed by atoms with E-state index in [0.717, 1.165) is 11.8 Å². The molecular formula is C15H24N2O3S. The fourth-order valence-corrected chi connectivity index (χ4v) is 2.28. The first kappa shape index (κ1) is 17.5. The van der Waals surface area contributed by atoms with E-state index in [9.17, 15) is 13.2 Å². The maximum atomic E-state index is 12.2. The molecule has 0 radical (unpaired) electrons. The van der Waals surface area contributed by atoms with Gasteiger partial charge in [-0.25, -0.2) is 8.42 Å². The van der Waals surface area contributed by atoms with E-state index in [1.54, 1.807) is 18.2 Å². The van der Waals surface area contributed by atoms with Gasteiger partial charge in [0.1, 0.15) is 0 Å². The molecule has 1 N–H and O–H groups in total. The Bertz CT molecular complexity index is 624. The number of carbonyl (C=O) groups excluding carboxylic acids is 1. The summed E-state index contributed by atoms with van der Waals surface area (Å²) < 4.78 is 24.5. The minimum atomic E-state index is -3.36. The summed E-state index contributed by atoms with van der Waals surface area (Å²) >= 11 is 0. The van der Waals surface area contributed by atoms with Gasteiger partial charge in [0.05, 0.1) is 11.9 Å². The average molecular weight is 312 g/mol. The number of sulfonamides is 1. The fraction of sp³-hybridized carbons (Fsp3) is 0.533. The smallest absolute Gasteiger partial charge is 0.251 e. The third-order valence-corrected chi connectivity index (χ3v) is 4.86. The van der Waals surface area contributed by atoms with Crippen molar-refractivity contribution in [2.75, 3.05) is 17.6 Å². The molecule has 1 aromatic rings. The van der Waals surface area contributed by atoms with Gasteiger partial charge >= 0.3 is 0 Å². The SMILES string of the molecule is Cc1ccc(C(=O)N[C@H](C)C(C)C)cc1N(C)S(C)(=O)=O. The quantitative estimate of drug-likeness (QED) is 0.906. The van der Waals surface area contributed by atoms with Crippen LogP contribution in [0.1, 0.15) is 36.7 Å². The topological polar surface area (TPSA) is 66.5 Å². The van der Waals surface area contributed by atoms with Crippen LogP contribution in [-0.4, -0.2) is 33.7 Å². The number of nitrogens with zero attached hydrogens (tertiary/aromatic N) is 1. The van der Waals surface area contributed by atoms with Gasteiger partial charge in [0.2, 0.25) is 10.0 Å². The Labute approximate surface area is 127 Å². The molecule has 1 atom stereocenters. The molecular weight excluding hydrogens is 288 g/mol. The molecule has 6 heteroatoms. The van der Waals surface area contributed by atoms with Crippen LogP contribution < -0.4 is 9.62 Å². The Morgan fingerprint density at radius 3 is 2.29 bits per heavy atom. The zero-order chi connectivity index (χ0) is 16.4. The number of nitrogens with one attached hydrogen (secondary N) is 1. The summed E-state index contributed by atoms with van der Waals surface area (Å²) in [6.45, 7) is 7.82. The van der Waals surface area contributed by atoms with Crippen LogP contribution in [-0.2, 0) is 10.0 Å². The normalized spacial score (nSPS) is 13.1. The number of carbonyl (C=O) groups is 1.